The lowest BCUT2D eigenvalue weighted by atomic mass is 10.3. The molecular weight excluding hydrogens is 218 g/mol. The maximum Gasteiger partial charge on any atom is 0.179 e. The summed E-state index contributed by atoms with van der Waals surface area (Å²) in [5.74, 6) is 0.785. The predicted octanol–water partition coefficient (Wildman–Crippen LogP) is 3.37. The highest BCUT2D eigenvalue weighted by atomic mass is 32.1. The Morgan fingerprint density at radius 1 is 1.62 bits per heavy atom. The van der Waals surface area contributed by atoms with E-state index in [0.717, 1.165) is 21.9 Å². The summed E-state index contributed by atoms with van der Waals surface area (Å²) in [5.41, 5.74) is 3.32. The molecule has 0 aromatic carbocycles. The first-order valence-corrected chi connectivity index (χ1v) is 6.19. The van der Waals surface area contributed by atoms with Crippen LogP contribution in [0.25, 0.3) is 11.2 Å². The van der Waals surface area contributed by atoms with E-state index < -0.39 is 0 Å². The molecule has 1 fully saturated rings. The number of nitrogens with zero attached hydrogens (tertiary/aromatic N) is 2. The Kier molecular flexibility index (Phi) is 2.14. The number of imidazole rings is 1. The van der Waals surface area contributed by atoms with Crippen molar-refractivity contribution in [2.45, 2.75) is 32.7 Å². The number of aryl methyl sites for hydroxylation is 1. The van der Waals surface area contributed by atoms with Gasteiger partial charge >= 0.3 is 0 Å². The van der Waals surface area contributed by atoms with Crippen LogP contribution in [0.5, 0.6) is 0 Å². The molecule has 3 nitrogen and oxygen atoms in total. The molecule has 4 heteroatoms. The third-order valence-electron chi connectivity index (χ3n) is 3.56. The summed E-state index contributed by atoms with van der Waals surface area (Å²) >= 11 is 5.40. The molecule has 0 bridgehead atoms. The minimum atomic E-state index is 0.570. The molecule has 3 rings (SSSR count). The molecule has 1 N–H and O–H groups in total. The second kappa shape index (κ2) is 3.42. The van der Waals surface area contributed by atoms with Gasteiger partial charge in [-0.3, -0.25) is 4.57 Å². The van der Waals surface area contributed by atoms with Crippen LogP contribution in [0.2, 0.25) is 0 Å². The van der Waals surface area contributed by atoms with Gasteiger partial charge in [-0.2, -0.15) is 0 Å². The van der Waals surface area contributed by atoms with Crippen molar-refractivity contribution in [1.82, 2.24) is 14.5 Å². The highest BCUT2D eigenvalue weighted by molar-refractivity contribution is 7.71. The topological polar surface area (TPSA) is 33.6 Å². The Labute approximate surface area is 99.5 Å². The van der Waals surface area contributed by atoms with E-state index in [0.29, 0.717) is 6.04 Å². The number of aromatic nitrogens is 3. The summed E-state index contributed by atoms with van der Waals surface area (Å²) in [6.45, 7) is 4.33. The standard InChI is InChI=1S/C12H15N3S/c1-3-8-6-9(8)15-11-10(14-12(15)16)7(2)4-5-13-11/h4-5,8-9H,3,6H2,1-2H3,(H,14,16). The summed E-state index contributed by atoms with van der Waals surface area (Å²) in [4.78, 5) is 7.73. The van der Waals surface area contributed by atoms with E-state index in [4.69, 9.17) is 12.2 Å². The number of pyridine rings is 1. The van der Waals surface area contributed by atoms with Gasteiger partial charge in [0, 0.05) is 12.2 Å². The largest absolute Gasteiger partial charge is 0.329 e. The molecule has 2 aromatic rings. The summed E-state index contributed by atoms with van der Waals surface area (Å²) in [5, 5.41) is 0. The van der Waals surface area contributed by atoms with Crippen molar-refractivity contribution in [2.24, 2.45) is 5.92 Å². The van der Waals surface area contributed by atoms with Crippen LogP contribution in [-0.2, 0) is 0 Å². The van der Waals surface area contributed by atoms with Gasteiger partial charge in [-0.05, 0) is 43.1 Å². The number of hydrogen-bond acceptors (Lipinski definition) is 2. The molecule has 0 saturated heterocycles. The number of fused-ring (bicyclic) bond motifs is 1. The number of aromatic amines is 1. The van der Waals surface area contributed by atoms with Crippen LogP contribution in [-0.4, -0.2) is 14.5 Å². The summed E-state index contributed by atoms with van der Waals surface area (Å²) < 4.78 is 3.02. The van der Waals surface area contributed by atoms with Crippen LogP contribution in [0.3, 0.4) is 0 Å². The van der Waals surface area contributed by atoms with Crippen molar-refractivity contribution in [3.63, 3.8) is 0 Å². The van der Waals surface area contributed by atoms with E-state index in [-0.39, 0.29) is 0 Å². The van der Waals surface area contributed by atoms with Gasteiger partial charge in [0.25, 0.3) is 0 Å². The second-order valence-electron chi connectivity index (χ2n) is 4.60. The first kappa shape index (κ1) is 10.0. The molecule has 2 aromatic heterocycles. The maximum absolute atomic E-state index is 5.40. The zero-order valence-electron chi connectivity index (χ0n) is 9.53. The zero-order valence-corrected chi connectivity index (χ0v) is 10.3. The Balaban J connectivity index is 2.21. The smallest absolute Gasteiger partial charge is 0.179 e. The molecule has 1 aliphatic rings. The number of hydrogen-bond donors (Lipinski definition) is 1. The molecule has 2 heterocycles. The first-order chi connectivity index (χ1) is 7.72. The molecule has 2 atom stereocenters. The SMILES string of the molecule is CCC1CC1n1c(=S)[nH]c2c(C)ccnc21. The summed E-state index contributed by atoms with van der Waals surface area (Å²) in [6.07, 6.45) is 4.33. The van der Waals surface area contributed by atoms with E-state index in [2.05, 4.69) is 28.4 Å². The van der Waals surface area contributed by atoms with Gasteiger partial charge in [0.1, 0.15) is 0 Å². The van der Waals surface area contributed by atoms with Crippen molar-refractivity contribution in [1.29, 1.82) is 0 Å². The molecule has 84 valence electrons. The number of nitrogens with one attached hydrogen (secondary N) is 1. The fourth-order valence-corrected chi connectivity index (χ4v) is 2.76. The molecule has 0 amide bonds. The normalized spacial score (nSPS) is 23.9. The van der Waals surface area contributed by atoms with Gasteiger partial charge in [-0.15, -0.1) is 0 Å². The number of H-pyrrole nitrogens is 1. The van der Waals surface area contributed by atoms with Crippen molar-refractivity contribution in [3.05, 3.63) is 22.6 Å². The fourth-order valence-electron chi connectivity index (χ4n) is 2.44. The van der Waals surface area contributed by atoms with E-state index in [1.54, 1.807) is 0 Å². The van der Waals surface area contributed by atoms with E-state index >= 15 is 0 Å². The minimum Gasteiger partial charge on any atom is -0.329 e. The quantitative estimate of drug-likeness (QED) is 0.807. The average molecular weight is 233 g/mol. The average Bonchev–Trinajstić information content (AvgIpc) is 2.95. The lowest BCUT2D eigenvalue weighted by Crippen LogP contribution is -1.97. The summed E-state index contributed by atoms with van der Waals surface area (Å²) in [6, 6.07) is 2.59. The van der Waals surface area contributed by atoms with Gasteiger partial charge in [-0.1, -0.05) is 13.3 Å². The lowest BCUT2D eigenvalue weighted by Gasteiger charge is -2.02. The predicted molar refractivity (Wildman–Crippen MR) is 67.1 cm³/mol. The Bertz CT molecular complexity index is 596. The monoisotopic (exact) mass is 233 g/mol. The number of rotatable bonds is 2. The van der Waals surface area contributed by atoms with Gasteiger partial charge in [0.05, 0.1) is 5.52 Å². The third-order valence-corrected chi connectivity index (χ3v) is 3.86. The zero-order chi connectivity index (χ0) is 11.3. The highest BCUT2D eigenvalue weighted by Crippen LogP contribution is 2.46. The molecule has 0 spiro atoms. The van der Waals surface area contributed by atoms with Gasteiger partial charge in [0.2, 0.25) is 0 Å². The van der Waals surface area contributed by atoms with Crippen molar-refractivity contribution in [3.8, 4) is 0 Å². The van der Waals surface area contributed by atoms with Gasteiger partial charge in [-0.25, -0.2) is 4.98 Å². The van der Waals surface area contributed by atoms with Crippen LogP contribution in [0.4, 0.5) is 0 Å². The molecule has 2 unspecified atom stereocenters. The summed E-state index contributed by atoms with van der Waals surface area (Å²) in [7, 11) is 0. The lowest BCUT2D eigenvalue weighted by molar-refractivity contribution is 0.644. The third kappa shape index (κ3) is 1.33. The minimum absolute atomic E-state index is 0.570. The molecule has 0 radical (unpaired) electrons. The highest BCUT2D eigenvalue weighted by Gasteiger charge is 2.38. The fraction of sp³-hybridized carbons (Fsp3) is 0.500. The van der Waals surface area contributed by atoms with Crippen LogP contribution >= 0.6 is 12.2 Å². The van der Waals surface area contributed by atoms with Crippen LogP contribution in [0.15, 0.2) is 12.3 Å². The maximum atomic E-state index is 5.40. The van der Waals surface area contributed by atoms with Crippen molar-refractivity contribution < 1.29 is 0 Å². The van der Waals surface area contributed by atoms with Crippen LogP contribution in [0.1, 0.15) is 31.4 Å². The van der Waals surface area contributed by atoms with E-state index in [1.165, 1.54) is 18.4 Å². The molecule has 1 aliphatic carbocycles. The molecular formula is C12H15N3S. The van der Waals surface area contributed by atoms with Gasteiger partial charge in [0.15, 0.2) is 10.4 Å². The molecule has 0 aliphatic heterocycles. The Hall–Kier alpha value is -1.16. The molecule has 1 saturated carbocycles. The van der Waals surface area contributed by atoms with E-state index in [9.17, 15) is 0 Å². The van der Waals surface area contributed by atoms with Crippen LogP contribution < -0.4 is 0 Å². The first-order valence-electron chi connectivity index (χ1n) is 5.78. The Morgan fingerprint density at radius 3 is 3.12 bits per heavy atom. The van der Waals surface area contributed by atoms with Crippen molar-refractivity contribution >= 4 is 23.4 Å². The Morgan fingerprint density at radius 2 is 2.44 bits per heavy atom. The van der Waals surface area contributed by atoms with Gasteiger partial charge < -0.3 is 4.98 Å². The van der Waals surface area contributed by atoms with Crippen molar-refractivity contribution in [2.75, 3.05) is 0 Å². The van der Waals surface area contributed by atoms with Crippen LogP contribution in [0, 0.1) is 17.6 Å². The second-order valence-corrected chi connectivity index (χ2v) is 4.98. The van der Waals surface area contributed by atoms with E-state index in [1.807, 2.05) is 12.3 Å². The molecule has 16 heavy (non-hydrogen) atoms.